The molecule has 0 radical (unpaired) electrons. The highest BCUT2D eigenvalue weighted by atomic mass is 16.6. The number of likely N-dealkylation sites (tertiary alicyclic amines) is 1. The van der Waals surface area contributed by atoms with Crippen molar-refractivity contribution in [1.82, 2.24) is 4.90 Å². The third-order valence-corrected chi connectivity index (χ3v) is 3.50. The molecule has 0 aromatic heterocycles. The second kappa shape index (κ2) is 6.56. The van der Waals surface area contributed by atoms with Crippen molar-refractivity contribution in [2.45, 2.75) is 19.8 Å². The van der Waals surface area contributed by atoms with Crippen LogP contribution in [0.1, 0.15) is 19.8 Å². The zero-order chi connectivity index (χ0) is 14.5. The van der Waals surface area contributed by atoms with Crippen molar-refractivity contribution in [2.75, 3.05) is 32.0 Å². The van der Waals surface area contributed by atoms with Gasteiger partial charge >= 0.3 is 0 Å². The lowest BCUT2D eigenvalue weighted by Gasteiger charge is -2.20. The molecular formula is C14H21N3O3. The van der Waals surface area contributed by atoms with Gasteiger partial charge in [-0.15, -0.1) is 0 Å². The molecule has 0 saturated carbocycles. The Balaban J connectivity index is 1.89. The highest BCUT2D eigenvalue weighted by molar-refractivity contribution is 5.57. The molecule has 110 valence electrons. The number of benzene rings is 1. The van der Waals surface area contributed by atoms with Gasteiger partial charge in [0, 0.05) is 18.5 Å². The van der Waals surface area contributed by atoms with E-state index in [1.807, 2.05) is 0 Å². The normalized spacial score (nSPS) is 17.1. The van der Waals surface area contributed by atoms with E-state index in [1.165, 1.54) is 31.0 Å². The van der Waals surface area contributed by atoms with Gasteiger partial charge in [-0.1, -0.05) is 6.92 Å². The highest BCUT2D eigenvalue weighted by Crippen LogP contribution is 2.27. The SMILES string of the molecule is CC(COc1cc([N+](=O)[O-])ccc1N)CN1CCCC1. The maximum absolute atomic E-state index is 10.7. The van der Waals surface area contributed by atoms with Crippen molar-refractivity contribution < 1.29 is 9.66 Å². The maximum atomic E-state index is 10.7. The first-order chi connectivity index (χ1) is 9.56. The second-order valence-electron chi connectivity index (χ2n) is 5.40. The molecule has 1 saturated heterocycles. The van der Waals surface area contributed by atoms with Crippen molar-refractivity contribution in [1.29, 1.82) is 0 Å². The Morgan fingerprint density at radius 2 is 2.15 bits per heavy atom. The lowest BCUT2D eigenvalue weighted by molar-refractivity contribution is -0.384. The van der Waals surface area contributed by atoms with Crippen LogP contribution in [0.2, 0.25) is 0 Å². The van der Waals surface area contributed by atoms with E-state index in [-0.39, 0.29) is 5.69 Å². The first-order valence-corrected chi connectivity index (χ1v) is 6.95. The Labute approximate surface area is 118 Å². The van der Waals surface area contributed by atoms with Crippen LogP contribution < -0.4 is 10.5 Å². The Hall–Kier alpha value is -1.82. The summed E-state index contributed by atoms with van der Waals surface area (Å²) in [5, 5.41) is 10.7. The summed E-state index contributed by atoms with van der Waals surface area (Å²) in [7, 11) is 0. The first-order valence-electron chi connectivity index (χ1n) is 6.95. The Bertz CT molecular complexity index is 473. The molecule has 1 aliphatic rings. The fourth-order valence-corrected chi connectivity index (χ4v) is 2.45. The van der Waals surface area contributed by atoms with Gasteiger partial charge in [0.25, 0.3) is 5.69 Å². The van der Waals surface area contributed by atoms with Gasteiger partial charge in [-0.05, 0) is 32.0 Å². The molecule has 1 aromatic carbocycles. The van der Waals surface area contributed by atoms with E-state index in [1.54, 1.807) is 0 Å². The molecule has 6 nitrogen and oxygen atoms in total. The Morgan fingerprint density at radius 1 is 1.45 bits per heavy atom. The van der Waals surface area contributed by atoms with Crippen LogP contribution in [0.5, 0.6) is 5.75 Å². The van der Waals surface area contributed by atoms with Crippen molar-refractivity contribution in [3.05, 3.63) is 28.3 Å². The molecule has 1 fully saturated rings. The fraction of sp³-hybridized carbons (Fsp3) is 0.571. The van der Waals surface area contributed by atoms with E-state index in [0.717, 1.165) is 19.6 Å². The number of nitrogens with zero attached hydrogens (tertiary/aromatic N) is 2. The molecule has 1 aliphatic heterocycles. The quantitative estimate of drug-likeness (QED) is 0.491. The van der Waals surface area contributed by atoms with Gasteiger partial charge in [0.15, 0.2) is 0 Å². The van der Waals surface area contributed by atoms with Gasteiger partial charge in [-0.3, -0.25) is 10.1 Å². The van der Waals surface area contributed by atoms with E-state index in [0.29, 0.717) is 24.0 Å². The lowest BCUT2D eigenvalue weighted by Crippen LogP contribution is -2.28. The molecule has 20 heavy (non-hydrogen) atoms. The third-order valence-electron chi connectivity index (χ3n) is 3.50. The van der Waals surface area contributed by atoms with E-state index in [2.05, 4.69) is 11.8 Å². The summed E-state index contributed by atoms with van der Waals surface area (Å²) in [5.74, 6) is 0.763. The van der Waals surface area contributed by atoms with Crippen LogP contribution in [0.15, 0.2) is 18.2 Å². The van der Waals surface area contributed by atoms with Crippen LogP contribution in [0, 0.1) is 16.0 Å². The monoisotopic (exact) mass is 279 g/mol. The van der Waals surface area contributed by atoms with E-state index >= 15 is 0 Å². The van der Waals surface area contributed by atoms with Crippen molar-refractivity contribution in [3.8, 4) is 5.75 Å². The molecule has 0 amide bonds. The third kappa shape index (κ3) is 3.84. The van der Waals surface area contributed by atoms with Crippen LogP contribution in [0.4, 0.5) is 11.4 Å². The first kappa shape index (κ1) is 14.6. The zero-order valence-corrected chi connectivity index (χ0v) is 11.7. The molecule has 6 heteroatoms. The number of non-ortho nitro benzene ring substituents is 1. The predicted octanol–water partition coefficient (Wildman–Crippen LogP) is 2.29. The largest absolute Gasteiger partial charge is 0.491 e. The average Bonchev–Trinajstić information content (AvgIpc) is 2.90. The lowest BCUT2D eigenvalue weighted by atomic mass is 10.2. The molecule has 0 bridgehead atoms. The standard InChI is InChI=1S/C14H21N3O3/c1-11(9-16-6-2-3-7-16)10-20-14-8-12(17(18)19)4-5-13(14)15/h4-5,8,11H,2-3,6-7,9-10,15H2,1H3. The van der Waals surface area contributed by atoms with E-state index in [4.69, 9.17) is 10.5 Å². The number of nitro groups is 1. The zero-order valence-electron chi connectivity index (χ0n) is 11.7. The summed E-state index contributed by atoms with van der Waals surface area (Å²) in [4.78, 5) is 12.7. The number of rotatable bonds is 6. The van der Waals surface area contributed by atoms with Crippen molar-refractivity contribution in [2.24, 2.45) is 5.92 Å². The molecular weight excluding hydrogens is 258 g/mol. The van der Waals surface area contributed by atoms with Crippen LogP contribution >= 0.6 is 0 Å². The van der Waals surface area contributed by atoms with E-state index in [9.17, 15) is 10.1 Å². The van der Waals surface area contributed by atoms with Crippen molar-refractivity contribution >= 4 is 11.4 Å². The topological polar surface area (TPSA) is 81.6 Å². The minimum absolute atomic E-state index is 0.00129. The van der Waals surface area contributed by atoms with Gasteiger partial charge in [0.2, 0.25) is 0 Å². The van der Waals surface area contributed by atoms with Crippen LogP contribution in [-0.2, 0) is 0 Å². The Kier molecular flexibility index (Phi) is 4.79. The number of nitrogens with two attached hydrogens (primary N) is 1. The molecule has 0 aliphatic carbocycles. The summed E-state index contributed by atoms with van der Waals surface area (Å²) >= 11 is 0. The van der Waals surface area contributed by atoms with Gasteiger partial charge in [-0.25, -0.2) is 0 Å². The summed E-state index contributed by atoms with van der Waals surface area (Å²) < 4.78 is 5.64. The van der Waals surface area contributed by atoms with Crippen LogP contribution in [0.25, 0.3) is 0 Å². The smallest absolute Gasteiger partial charge is 0.273 e. The summed E-state index contributed by atoms with van der Waals surface area (Å²) in [6.45, 7) is 5.94. The van der Waals surface area contributed by atoms with Gasteiger partial charge in [-0.2, -0.15) is 0 Å². The maximum Gasteiger partial charge on any atom is 0.273 e. The number of nitro benzene ring substituents is 1. The van der Waals surface area contributed by atoms with Gasteiger partial charge < -0.3 is 15.4 Å². The number of anilines is 1. The summed E-state index contributed by atoms with van der Waals surface area (Å²) in [6, 6.07) is 4.28. The molecule has 1 aromatic rings. The van der Waals surface area contributed by atoms with Crippen molar-refractivity contribution in [3.63, 3.8) is 0 Å². The molecule has 1 heterocycles. The number of hydrogen-bond donors (Lipinski definition) is 1. The summed E-state index contributed by atoms with van der Waals surface area (Å²) in [6.07, 6.45) is 2.54. The van der Waals surface area contributed by atoms with Crippen LogP contribution in [-0.4, -0.2) is 36.1 Å². The predicted molar refractivity (Wildman–Crippen MR) is 77.8 cm³/mol. The molecule has 2 N–H and O–H groups in total. The Morgan fingerprint density at radius 3 is 2.80 bits per heavy atom. The molecule has 1 unspecified atom stereocenters. The number of hydrogen-bond acceptors (Lipinski definition) is 5. The van der Waals surface area contributed by atoms with E-state index < -0.39 is 4.92 Å². The number of nitrogen functional groups attached to an aromatic ring is 1. The number of ether oxygens (including phenoxy) is 1. The minimum atomic E-state index is -0.444. The molecule has 2 rings (SSSR count). The van der Waals surface area contributed by atoms with Gasteiger partial charge in [0.05, 0.1) is 23.3 Å². The minimum Gasteiger partial charge on any atom is -0.491 e. The second-order valence-corrected chi connectivity index (χ2v) is 5.40. The molecule has 1 atom stereocenters. The summed E-state index contributed by atoms with van der Waals surface area (Å²) in [5.41, 5.74) is 6.22. The average molecular weight is 279 g/mol. The van der Waals surface area contributed by atoms with Gasteiger partial charge in [0.1, 0.15) is 5.75 Å². The highest BCUT2D eigenvalue weighted by Gasteiger charge is 2.16. The molecule has 0 spiro atoms. The fourth-order valence-electron chi connectivity index (χ4n) is 2.45. The van der Waals surface area contributed by atoms with Crippen LogP contribution in [0.3, 0.4) is 0 Å².